The number of carbonyl (C=O) groups is 1. The summed E-state index contributed by atoms with van der Waals surface area (Å²) >= 11 is 12.1. The van der Waals surface area contributed by atoms with E-state index in [4.69, 9.17) is 28.9 Å². The molecule has 1 heterocycles. The molecular weight excluding hydrogens is 261 g/mol. The lowest BCUT2D eigenvalue weighted by atomic mass is 10.1. The van der Waals surface area contributed by atoms with Crippen molar-refractivity contribution in [2.24, 2.45) is 0 Å². The van der Waals surface area contributed by atoms with Crippen molar-refractivity contribution < 1.29 is 4.79 Å². The molecule has 1 aromatic rings. The molecule has 17 heavy (non-hydrogen) atoms. The number of carbonyl (C=O) groups excluding carboxylic acids is 1. The quantitative estimate of drug-likeness (QED) is 0.725. The molecule has 0 spiro atoms. The fraction of sp³-hybridized carbons (Fsp3) is 0.364. The molecule has 1 aliphatic heterocycles. The number of benzene rings is 1. The summed E-state index contributed by atoms with van der Waals surface area (Å²) in [6.07, 6.45) is 1.70. The molecular formula is C11H13Cl2N3O. The lowest BCUT2D eigenvalue weighted by molar-refractivity contribution is -0.123. The van der Waals surface area contributed by atoms with Crippen LogP contribution in [0.5, 0.6) is 0 Å². The second kappa shape index (κ2) is 5.02. The van der Waals surface area contributed by atoms with Gasteiger partial charge in [-0.05, 0) is 25.0 Å². The molecule has 92 valence electrons. The van der Waals surface area contributed by atoms with E-state index in [1.807, 2.05) is 0 Å². The first-order valence-electron chi connectivity index (χ1n) is 5.36. The normalized spacial score (nSPS) is 19.9. The number of hydrogen-bond acceptors (Lipinski definition) is 3. The van der Waals surface area contributed by atoms with Crippen molar-refractivity contribution in [2.45, 2.75) is 18.9 Å². The molecule has 1 amide bonds. The van der Waals surface area contributed by atoms with Crippen molar-refractivity contribution in [2.75, 3.05) is 17.6 Å². The average molecular weight is 274 g/mol. The van der Waals surface area contributed by atoms with Crippen LogP contribution in [0.4, 0.5) is 11.4 Å². The molecule has 1 aromatic carbocycles. The Balaban J connectivity index is 2.20. The predicted molar refractivity (Wildman–Crippen MR) is 70.5 cm³/mol. The minimum Gasteiger partial charge on any atom is -0.399 e. The third kappa shape index (κ3) is 2.76. The fourth-order valence-electron chi connectivity index (χ4n) is 1.81. The molecule has 1 atom stereocenters. The van der Waals surface area contributed by atoms with Crippen LogP contribution < -0.4 is 16.4 Å². The number of anilines is 2. The van der Waals surface area contributed by atoms with E-state index >= 15 is 0 Å². The highest BCUT2D eigenvalue weighted by molar-refractivity contribution is 6.39. The standard InChI is InChI=1S/C11H13Cl2N3O/c12-7-4-6(14)5-8(13)10(7)16-9-2-1-3-15-11(9)17/h4-5,9,16H,1-3,14H2,(H,15,17). The van der Waals surface area contributed by atoms with Crippen LogP contribution in [-0.2, 0) is 4.79 Å². The number of nitrogen functional groups attached to an aromatic ring is 1. The molecule has 6 heteroatoms. The number of rotatable bonds is 2. The van der Waals surface area contributed by atoms with Gasteiger partial charge in [0.1, 0.15) is 6.04 Å². The lowest BCUT2D eigenvalue weighted by Crippen LogP contribution is -2.44. The van der Waals surface area contributed by atoms with Crippen molar-refractivity contribution in [3.63, 3.8) is 0 Å². The fourth-order valence-corrected chi connectivity index (χ4v) is 2.43. The SMILES string of the molecule is Nc1cc(Cl)c(NC2CCCNC2=O)c(Cl)c1. The zero-order valence-corrected chi connectivity index (χ0v) is 10.6. The Hall–Kier alpha value is -1.13. The molecule has 0 aromatic heterocycles. The van der Waals surface area contributed by atoms with Gasteiger partial charge in [0.15, 0.2) is 0 Å². The minimum absolute atomic E-state index is 0.0276. The first kappa shape index (κ1) is 12.3. The minimum atomic E-state index is -0.289. The van der Waals surface area contributed by atoms with Crippen molar-refractivity contribution in [1.29, 1.82) is 0 Å². The summed E-state index contributed by atoms with van der Waals surface area (Å²) in [5, 5.41) is 6.70. The number of piperidine rings is 1. The first-order chi connectivity index (χ1) is 8.08. The van der Waals surface area contributed by atoms with Crippen molar-refractivity contribution in [3.05, 3.63) is 22.2 Å². The van der Waals surface area contributed by atoms with E-state index in [-0.39, 0.29) is 11.9 Å². The largest absolute Gasteiger partial charge is 0.399 e. The smallest absolute Gasteiger partial charge is 0.242 e. The molecule has 1 aliphatic rings. The number of nitrogens with one attached hydrogen (secondary N) is 2. The number of halogens is 2. The molecule has 1 fully saturated rings. The van der Waals surface area contributed by atoms with Crippen LogP contribution in [0.1, 0.15) is 12.8 Å². The van der Waals surface area contributed by atoms with Gasteiger partial charge in [0.25, 0.3) is 0 Å². The molecule has 0 radical (unpaired) electrons. The van der Waals surface area contributed by atoms with E-state index < -0.39 is 0 Å². The summed E-state index contributed by atoms with van der Waals surface area (Å²) in [4.78, 5) is 11.6. The van der Waals surface area contributed by atoms with Crippen LogP contribution in [0.3, 0.4) is 0 Å². The van der Waals surface area contributed by atoms with Crippen LogP contribution in [0.25, 0.3) is 0 Å². The van der Waals surface area contributed by atoms with Gasteiger partial charge in [-0.25, -0.2) is 0 Å². The molecule has 0 saturated carbocycles. The third-order valence-electron chi connectivity index (χ3n) is 2.67. The predicted octanol–water partition coefficient (Wildman–Crippen LogP) is 2.27. The van der Waals surface area contributed by atoms with E-state index in [9.17, 15) is 4.79 Å². The van der Waals surface area contributed by atoms with Gasteiger partial charge in [0.05, 0.1) is 15.7 Å². The average Bonchev–Trinajstić information content (AvgIpc) is 2.25. The first-order valence-corrected chi connectivity index (χ1v) is 6.12. The summed E-state index contributed by atoms with van der Waals surface area (Å²) in [6.45, 7) is 0.722. The number of amides is 1. The summed E-state index contributed by atoms with van der Waals surface area (Å²) in [7, 11) is 0. The van der Waals surface area contributed by atoms with Crippen molar-refractivity contribution in [3.8, 4) is 0 Å². The zero-order valence-electron chi connectivity index (χ0n) is 9.09. The molecule has 0 bridgehead atoms. The highest BCUT2D eigenvalue weighted by Crippen LogP contribution is 2.33. The molecule has 1 unspecified atom stereocenters. The van der Waals surface area contributed by atoms with E-state index in [1.165, 1.54) is 0 Å². The molecule has 4 N–H and O–H groups in total. The monoisotopic (exact) mass is 273 g/mol. The van der Waals surface area contributed by atoms with Crippen LogP contribution in [0.15, 0.2) is 12.1 Å². The Labute approximate surface area is 109 Å². The number of nitrogens with two attached hydrogens (primary N) is 1. The van der Waals surface area contributed by atoms with Gasteiger partial charge in [-0.1, -0.05) is 23.2 Å². The Morgan fingerprint density at radius 3 is 2.59 bits per heavy atom. The summed E-state index contributed by atoms with van der Waals surface area (Å²) in [5.74, 6) is -0.0276. The van der Waals surface area contributed by atoms with E-state index in [0.29, 0.717) is 21.4 Å². The van der Waals surface area contributed by atoms with Crippen LogP contribution >= 0.6 is 23.2 Å². The van der Waals surface area contributed by atoms with Gasteiger partial charge >= 0.3 is 0 Å². The maximum Gasteiger partial charge on any atom is 0.242 e. The Morgan fingerprint density at radius 1 is 1.35 bits per heavy atom. The van der Waals surface area contributed by atoms with E-state index in [2.05, 4.69) is 10.6 Å². The zero-order chi connectivity index (χ0) is 12.4. The summed E-state index contributed by atoms with van der Waals surface area (Å²) in [6, 6.07) is 2.93. The molecule has 2 rings (SSSR count). The van der Waals surface area contributed by atoms with Crippen LogP contribution in [-0.4, -0.2) is 18.5 Å². The lowest BCUT2D eigenvalue weighted by Gasteiger charge is -2.24. The molecule has 4 nitrogen and oxygen atoms in total. The Morgan fingerprint density at radius 2 is 2.00 bits per heavy atom. The van der Waals surface area contributed by atoms with Gasteiger partial charge in [-0.15, -0.1) is 0 Å². The Kier molecular flexibility index (Phi) is 3.64. The second-order valence-corrected chi connectivity index (χ2v) is 4.80. The van der Waals surface area contributed by atoms with Gasteiger partial charge < -0.3 is 16.4 Å². The van der Waals surface area contributed by atoms with Gasteiger partial charge in [-0.3, -0.25) is 4.79 Å². The Bertz CT molecular complexity index is 427. The maximum absolute atomic E-state index is 11.6. The summed E-state index contributed by atoms with van der Waals surface area (Å²) in [5.41, 5.74) is 6.67. The third-order valence-corrected chi connectivity index (χ3v) is 3.26. The van der Waals surface area contributed by atoms with Crippen LogP contribution in [0.2, 0.25) is 10.0 Å². The highest BCUT2D eigenvalue weighted by atomic mass is 35.5. The number of hydrogen-bond donors (Lipinski definition) is 3. The van der Waals surface area contributed by atoms with E-state index in [0.717, 1.165) is 19.4 Å². The van der Waals surface area contributed by atoms with Gasteiger partial charge in [-0.2, -0.15) is 0 Å². The van der Waals surface area contributed by atoms with Crippen molar-refractivity contribution in [1.82, 2.24) is 5.32 Å². The van der Waals surface area contributed by atoms with Gasteiger partial charge in [0, 0.05) is 12.2 Å². The molecule has 0 aliphatic carbocycles. The van der Waals surface area contributed by atoms with Gasteiger partial charge in [0.2, 0.25) is 5.91 Å². The van der Waals surface area contributed by atoms with E-state index in [1.54, 1.807) is 12.1 Å². The summed E-state index contributed by atoms with van der Waals surface area (Å²) < 4.78 is 0. The highest BCUT2D eigenvalue weighted by Gasteiger charge is 2.23. The van der Waals surface area contributed by atoms with Crippen LogP contribution in [0, 0.1) is 0 Å². The molecule has 1 saturated heterocycles. The second-order valence-electron chi connectivity index (χ2n) is 3.99. The maximum atomic E-state index is 11.6. The topological polar surface area (TPSA) is 67.2 Å². The van der Waals surface area contributed by atoms with Crippen molar-refractivity contribution >= 4 is 40.5 Å².